The van der Waals surface area contributed by atoms with E-state index in [9.17, 15) is 14.7 Å². The number of nitrogens with one attached hydrogen (secondary N) is 1. The Labute approximate surface area is 198 Å². The molecule has 3 rings (SSSR count). The second-order valence-electron chi connectivity index (χ2n) is 7.91. The van der Waals surface area contributed by atoms with Crippen molar-refractivity contribution in [2.45, 2.75) is 52.1 Å². The number of nitrogens with zero attached hydrogens (tertiary/aromatic N) is 4. The molecule has 9 heteroatoms. The second-order valence-corrected chi connectivity index (χ2v) is 7.91. The molecule has 0 radical (unpaired) electrons. The molecule has 0 aliphatic rings. The fourth-order valence-corrected chi connectivity index (χ4v) is 3.50. The number of methoxy groups -OCH3 is 1. The van der Waals surface area contributed by atoms with E-state index in [2.05, 4.69) is 22.5 Å². The number of para-hydroxylation sites is 1. The molecule has 0 aliphatic heterocycles. The molecule has 0 saturated carbocycles. The van der Waals surface area contributed by atoms with Gasteiger partial charge in [-0.25, -0.2) is 14.9 Å². The minimum Gasteiger partial charge on any atom is -0.507 e. The zero-order valence-electron chi connectivity index (χ0n) is 19.6. The minimum atomic E-state index is -0.481. The summed E-state index contributed by atoms with van der Waals surface area (Å²) in [7, 11) is 1.58. The fraction of sp³-hybridized carbons (Fsp3) is 0.360. The molecular formula is C25H31N5O4. The third-order valence-electron chi connectivity index (χ3n) is 5.38. The lowest BCUT2D eigenvalue weighted by Gasteiger charge is -2.06. The van der Waals surface area contributed by atoms with Crippen LogP contribution in [0, 0.1) is 0 Å². The molecule has 34 heavy (non-hydrogen) atoms. The Morgan fingerprint density at radius 3 is 2.56 bits per heavy atom. The fourth-order valence-electron chi connectivity index (χ4n) is 3.50. The van der Waals surface area contributed by atoms with Crippen molar-refractivity contribution in [1.82, 2.24) is 19.8 Å². The number of benzene rings is 2. The summed E-state index contributed by atoms with van der Waals surface area (Å²) in [4.78, 5) is 25.6. The molecule has 180 valence electrons. The van der Waals surface area contributed by atoms with Crippen molar-refractivity contribution in [2.24, 2.45) is 5.10 Å². The first-order chi connectivity index (χ1) is 16.5. The molecule has 0 bridgehead atoms. The lowest BCUT2D eigenvalue weighted by molar-refractivity contribution is -0.121. The maximum Gasteiger partial charge on any atom is 0.346 e. The molecule has 3 aromatic rings. The molecule has 1 aromatic heterocycles. The summed E-state index contributed by atoms with van der Waals surface area (Å²) in [5, 5.41) is 18.2. The number of ether oxygens (including phenoxy) is 1. The number of phenolic OH excluding ortho intramolecular Hbond substituents is 1. The van der Waals surface area contributed by atoms with Crippen molar-refractivity contribution < 1.29 is 14.6 Å². The first-order valence-electron chi connectivity index (χ1n) is 11.5. The largest absolute Gasteiger partial charge is 0.507 e. The van der Waals surface area contributed by atoms with Crippen LogP contribution in [0.15, 0.2) is 58.4 Å². The number of rotatable bonds is 12. The van der Waals surface area contributed by atoms with Crippen molar-refractivity contribution in [3.63, 3.8) is 0 Å². The van der Waals surface area contributed by atoms with Gasteiger partial charge in [-0.3, -0.25) is 9.36 Å². The predicted octanol–water partition coefficient (Wildman–Crippen LogP) is 3.55. The zero-order chi connectivity index (χ0) is 24.3. The number of hydrogen-bond donors (Lipinski definition) is 2. The zero-order valence-corrected chi connectivity index (χ0v) is 19.6. The molecule has 0 unspecified atom stereocenters. The Hall–Kier alpha value is -3.88. The number of phenols is 1. The molecule has 0 saturated heterocycles. The van der Waals surface area contributed by atoms with Crippen molar-refractivity contribution in [3.8, 4) is 22.9 Å². The van der Waals surface area contributed by atoms with Crippen LogP contribution < -0.4 is 15.9 Å². The van der Waals surface area contributed by atoms with Gasteiger partial charge in [0, 0.05) is 17.7 Å². The van der Waals surface area contributed by atoms with Gasteiger partial charge in [-0.2, -0.15) is 5.10 Å². The van der Waals surface area contributed by atoms with Crippen LogP contribution in [0.4, 0.5) is 0 Å². The third-order valence-corrected chi connectivity index (χ3v) is 5.38. The van der Waals surface area contributed by atoms with E-state index in [4.69, 9.17) is 4.74 Å². The van der Waals surface area contributed by atoms with Crippen LogP contribution in [-0.4, -0.2) is 38.7 Å². The van der Waals surface area contributed by atoms with E-state index in [0.717, 1.165) is 25.7 Å². The highest BCUT2D eigenvalue weighted by atomic mass is 16.5. The summed E-state index contributed by atoms with van der Waals surface area (Å²) in [6, 6.07) is 13.8. The Kier molecular flexibility index (Phi) is 9.02. The topological polar surface area (TPSA) is 111 Å². The number of aromatic hydroxyl groups is 1. The van der Waals surface area contributed by atoms with E-state index in [0.29, 0.717) is 29.2 Å². The summed E-state index contributed by atoms with van der Waals surface area (Å²) in [6.07, 6.45) is 6.65. The first-order valence-corrected chi connectivity index (χ1v) is 11.5. The van der Waals surface area contributed by atoms with Gasteiger partial charge < -0.3 is 9.84 Å². The first kappa shape index (κ1) is 24.8. The molecular weight excluding hydrogens is 434 g/mol. The van der Waals surface area contributed by atoms with E-state index in [1.807, 2.05) is 0 Å². The number of hydrazone groups is 1. The average Bonchev–Trinajstić information content (AvgIpc) is 3.15. The Morgan fingerprint density at radius 2 is 1.85 bits per heavy atom. The molecule has 0 spiro atoms. The van der Waals surface area contributed by atoms with E-state index < -0.39 is 5.91 Å². The van der Waals surface area contributed by atoms with Crippen LogP contribution in [0.1, 0.15) is 44.6 Å². The lowest BCUT2D eigenvalue weighted by atomic mass is 10.1. The van der Waals surface area contributed by atoms with Gasteiger partial charge in [0.2, 0.25) is 0 Å². The van der Waals surface area contributed by atoms with E-state index in [1.54, 1.807) is 49.6 Å². The monoisotopic (exact) mass is 465 g/mol. The van der Waals surface area contributed by atoms with E-state index in [-0.39, 0.29) is 18.0 Å². The average molecular weight is 466 g/mol. The van der Waals surface area contributed by atoms with Gasteiger partial charge >= 0.3 is 5.69 Å². The standard InChI is InChI=1S/C25H31N5O4/c1-3-4-5-6-9-16-30-25(33)29(24(28-30)19-12-14-21(34-2)15-13-19)18-23(32)27-26-17-20-10-7-8-11-22(20)31/h7-8,10-15,17,31H,3-6,9,16,18H2,1-2H3,(H,27,32)/b26-17+. The highest BCUT2D eigenvalue weighted by Crippen LogP contribution is 2.20. The maximum absolute atomic E-state index is 13.1. The number of carbonyl (C=O) groups is 1. The van der Waals surface area contributed by atoms with Crippen LogP contribution in [0.2, 0.25) is 0 Å². The molecule has 0 fully saturated rings. The molecule has 0 aliphatic carbocycles. The van der Waals surface area contributed by atoms with Crippen molar-refractivity contribution in [1.29, 1.82) is 0 Å². The van der Waals surface area contributed by atoms with Gasteiger partial charge in [0.15, 0.2) is 5.82 Å². The minimum absolute atomic E-state index is 0.0544. The molecule has 2 N–H and O–H groups in total. The molecule has 2 aromatic carbocycles. The van der Waals surface area contributed by atoms with E-state index >= 15 is 0 Å². The van der Waals surface area contributed by atoms with Crippen LogP contribution >= 0.6 is 0 Å². The van der Waals surface area contributed by atoms with Gasteiger partial charge in [-0.15, -0.1) is 5.10 Å². The highest BCUT2D eigenvalue weighted by Gasteiger charge is 2.17. The third kappa shape index (κ3) is 6.57. The van der Waals surface area contributed by atoms with Gasteiger partial charge in [-0.1, -0.05) is 44.7 Å². The lowest BCUT2D eigenvalue weighted by Crippen LogP contribution is -2.31. The summed E-state index contributed by atoms with van der Waals surface area (Å²) >= 11 is 0. The molecule has 1 amide bonds. The van der Waals surface area contributed by atoms with Gasteiger partial charge in [-0.05, 0) is 42.8 Å². The number of carbonyl (C=O) groups excluding carboxylic acids is 1. The van der Waals surface area contributed by atoms with Crippen LogP contribution in [0.5, 0.6) is 11.5 Å². The summed E-state index contributed by atoms with van der Waals surface area (Å²) in [5.74, 6) is 0.662. The number of aromatic nitrogens is 3. The quantitative estimate of drug-likeness (QED) is 0.241. The van der Waals surface area contributed by atoms with Gasteiger partial charge in [0.1, 0.15) is 18.0 Å². The summed E-state index contributed by atoms with van der Waals surface area (Å²) < 4.78 is 7.98. The smallest absolute Gasteiger partial charge is 0.346 e. The number of unbranched alkanes of at least 4 members (excludes halogenated alkanes) is 4. The number of hydrogen-bond acceptors (Lipinski definition) is 6. The number of aryl methyl sites for hydroxylation is 1. The van der Waals surface area contributed by atoms with Gasteiger partial charge in [0.05, 0.1) is 13.3 Å². The van der Waals surface area contributed by atoms with Crippen molar-refractivity contribution in [3.05, 3.63) is 64.6 Å². The Balaban J connectivity index is 1.78. The van der Waals surface area contributed by atoms with Crippen LogP contribution in [0.25, 0.3) is 11.4 Å². The molecule has 1 heterocycles. The van der Waals surface area contributed by atoms with E-state index in [1.165, 1.54) is 28.0 Å². The van der Waals surface area contributed by atoms with Crippen molar-refractivity contribution >= 4 is 12.1 Å². The van der Waals surface area contributed by atoms with Crippen LogP contribution in [0.3, 0.4) is 0 Å². The molecule has 0 atom stereocenters. The maximum atomic E-state index is 13.1. The second kappa shape index (κ2) is 12.4. The predicted molar refractivity (Wildman–Crippen MR) is 131 cm³/mol. The summed E-state index contributed by atoms with van der Waals surface area (Å²) in [6.45, 7) is 2.41. The Bertz CT molecular complexity index is 1160. The molecule has 9 nitrogen and oxygen atoms in total. The van der Waals surface area contributed by atoms with Gasteiger partial charge in [0.25, 0.3) is 5.91 Å². The Morgan fingerprint density at radius 1 is 1.12 bits per heavy atom. The van der Waals surface area contributed by atoms with Crippen LogP contribution in [-0.2, 0) is 17.9 Å². The normalized spacial score (nSPS) is 11.1. The summed E-state index contributed by atoms with van der Waals surface area (Å²) in [5.41, 5.74) is 3.23. The number of amides is 1. The SMILES string of the molecule is CCCCCCCn1nc(-c2ccc(OC)cc2)n(CC(=O)N/N=C/c2ccccc2O)c1=O. The highest BCUT2D eigenvalue weighted by molar-refractivity contribution is 5.85. The van der Waals surface area contributed by atoms with Crippen molar-refractivity contribution in [2.75, 3.05) is 7.11 Å².